The van der Waals surface area contributed by atoms with Crippen molar-refractivity contribution in [1.82, 2.24) is 10.2 Å². The molecule has 0 aromatic carbocycles. The minimum absolute atomic E-state index is 0.0879. The highest BCUT2D eigenvalue weighted by Crippen LogP contribution is 2.18. The smallest absolute Gasteiger partial charge is 0.326 e. The maximum absolute atomic E-state index is 12.0. The van der Waals surface area contributed by atoms with Gasteiger partial charge in [0.2, 0.25) is 11.8 Å². The molecule has 1 atom stereocenters. The Hall–Kier alpha value is -1.59. The van der Waals surface area contributed by atoms with E-state index < -0.39 is 12.0 Å². The van der Waals surface area contributed by atoms with Gasteiger partial charge in [-0.05, 0) is 19.3 Å². The number of nitrogens with zero attached hydrogens (tertiary/aromatic N) is 1. The average molecular weight is 298 g/mol. The van der Waals surface area contributed by atoms with Gasteiger partial charge in [0, 0.05) is 25.9 Å². The Morgan fingerprint density at radius 1 is 1.19 bits per heavy atom. The molecule has 1 heterocycles. The summed E-state index contributed by atoms with van der Waals surface area (Å²) in [5.74, 6) is -1.33. The highest BCUT2D eigenvalue weighted by Gasteiger charge is 2.33. The zero-order valence-electron chi connectivity index (χ0n) is 12.8. The molecule has 2 N–H and O–H groups in total. The Labute approximate surface area is 125 Å². The summed E-state index contributed by atoms with van der Waals surface area (Å²) in [6.45, 7) is 3.26. The van der Waals surface area contributed by atoms with Gasteiger partial charge in [0.1, 0.15) is 6.04 Å². The maximum Gasteiger partial charge on any atom is 0.326 e. The number of aliphatic carboxylic acids is 1. The van der Waals surface area contributed by atoms with Crippen LogP contribution in [0.3, 0.4) is 0 Å². The molecule has 1 fully saturated rings. The summed E-state index contributed by atoms with van der Waals surface area (Å²) in [7, 11) is 0. The molecule has 120 valence electrons. The van der Waals surface area contributed by atoms with Gasteiger partial charge in [-0.1, -0.05) is 26.2 Å². The highest BCUT2D eigenvalue weighted by molar-refractivity contribution is 5.87. The number of amides is 2. The van der Waals surface area contributed by atoms with Crippen LogP contribution in [0.2, 0.25) is 0 Å². The molecule has 1 unspecified atom stereocenters. The molecular weight excluding hydrogens is 272 g/mol. The predicted molar refractivity (Wildman–Crippen MR) is 78.8 cm³/mol. The number of hydrogen-bond acceptors (Lipinski definition) is 3. The molecule has 21 heavy (non-hydrogen) atoms. The van der Waals surface area contributed by atoms with E-state index in [0.29, 0.717) is 25.9 Å². The minimum Gasteiger partial charge on any atom is -0.480 e. The predicted octanol–water partition coefficient (Wildman–Crippen LogP) is 1.54. The van der Waals surface area contributed by atoms with Gasteiger partial charge < -0.3 is 15.3 Å². The summed E-state index contributed by atoms with van der Waals surface area (Å²) in [5, 5.41) is 11.8. The van der Waals surface area contributed by atoms with Crippen molar-refractivity contribution in [2.24, 2.45) is 0 Å². The van der Waals surface area contributed by atoms with Gasteiger partial charge >= 0.3 is 5.97 Å². The summed E-state index contributed by atoms with van der Waals surface area (Å²) >= 11 is 0. The van der Waals surface area contributed by atoms with E-state index in [1.165, 1.54) is 11.3 Å². The number of nitrogens with one attached hydrogen (secondary N) is 1. The number of carboxylic acids is 1. The van der Waals surface area contributed by atoms with Crippen molar-refractivity contribution in [3.63, 3.8) is 0 Å². The van der Waals surface area contributed by atoms with Gasteiger partial charge in [-0.2, -0.15) is 0 Å². The van der Waals surface area contributed by atoms with Crippen molar-refractivity contribution in [3.8, 4) is 0 Å². The molecule has 0 aromatic heterocycles. The van der Waals surface area contributed by atoms with E-state index in [0.717, 1.165) is 19.3 Å². The molecule has 1 aliphatic heterocycles. The third-order valence-electron chi connectivity index (χ3n) is 3.78. The van der Waals surface area contributed by atoms with Crippen LogP contribution in [0.5, 0.6) is 0 Å². The number of rotatable bonds is 9. The van der Waals surface area contributed by atoms with Crippen LogP contribution < -0.4 is 5.32 Å². The molecule has 0 saturated carbocycles. The van der Waals surface area contributed by atoms with Crippen molar-refractivity contribution in [2.75, 3.05) is 13.1 Å². The lowest BCUT2D eigenvalue weighted by molar-refractivity contribution is -0.148. The van der Waals surface area contributed by atoms with Crippen LogP contribution in [0.4, 0.5) is 0 Å². The fourth-order valence-electron chi connectivity index (χ4n) is 2.55. The molecule has 0 aliphatic carbocycles. The van der Waals surface area contributed by atoms with Crippen molar-refractivity contribution in [2.45, 2.75) is 64.3 Å². The molecule has 1 rings (SSSR count). The van der Waals surface area contributed by atoms with E-state index in [4.69, 9.17) is 5.11 Å². The molecule has 2 amide bonds. The Kier molecular flexibility index (Phi) is 7.79. The van der Waals surface area contributed by atoms with Crippen LogP contribution in [0.25, 0.3) is 0 Å². The normalized spacial score (nSPS) is 17.8. The largest absolute Gasteiger partial charge is 0.480 e. The van der Waals surface area contributed by atoms with E-state index >= 15 is 0 Å². The lowest BCUT2D eigenvalue weighted by atomic mass is 10.2. The molecule has 6 heteroatoms. The average Bonchev–Trinajstić information content (AvgIpc) is 2.94. The van der Waals surface area contributed by atoms with Crippen molar-refractivity contribution < 1.29 is 19.5 Å². The Bertz CT molecular complexity index is 371. The summed E-state index contributed by atoms with van der Waals surface area (Å²) in [6.07, 6.45) is 5.82. The first-order valence-electron chi connectivity index (χ1n) is 7.85. The number of carbonyl (C=O) groups excluding carboxylic acids is 2. The fraction of sp³-hybridized carbons (Fsp3) is 0.800. The second-order valence-corrected chi connectivity index (χ2v) is 5.49. The summed E-state index contributed by atoms with van der Waals surface area (Å²) in [4.78, 5) is 36.0. The zero-order chi connectivity index (χ0) is 15.7. The quantitative estimate of drug-likeness (QED) is 0.632. The molecule has 0 spiro atoms. The van der Waals surface area contributed by atoms with Crippen LogP contribution in [-0.2, 0) is 14.4 Å². The van der Waals surface area contributed by atoms with Gasteiger partial charge in [0.05, 0.1) is 0 Å². The standard InChI is InChI=1S/C15H26N2O4/c1-2-3-4-5-10-16-13(18)8-9-14(19)17-11-6-7-12(17)15(20)21/h12H,2-11H2,1H3,(H,16,18)(H,20,21). The van der Waals surface area contributed by atoms with Crippen LogP contribution in [0.15, 0.2) is 0 Å². The second-order valence-electron chi connectivity index (χ2n) is 5.49. The first-order chi connectivity index (χ1) is 10.1. The molecule has 0 bridgehead atoms. The Balaban J connectivity index is 2.20. The van der Waals surface area contributed by atoms with Gasteiger partial charge in [-0.25, -0.2) is 4.79 Å². The zero-order valence-corrected chi connectivity index (χ0v) is 12.8. The number of unbranched alkanes of at least 4 members (excludes halogenated alkanes) is 3. The van der Waals surface area contributed by atoms with Crippen LogP contribution in [0, 0.1) is 0 Å². The van der Waals surface area contributed by atoms with Crippen LogP contribution in [-0.4, -0.2) is 46.9 Å². The van der Waals surface area contributed by atoms with Gasteiger partial charge in [0.15, 0.2) is 0 Å². The van der Waals surface area contributed by atoms with Crippen LogP contribution in [0.1, 0.15) is 58.3 Å². The van der Waals surface area contributed by atoms with Crippen molar-refractivity contribution in [1.29, 1.82) is 0 Å². The Morgan fingerprint density at radius 2 is 1.95 bits per heavy atom. The molecule has 6 nitrogen and oxygen atoms in total. The van der Waals surface area contributed by atoms with E-state index in [2.05, 4.69) is 12.2 Å². The second kappa shape index (κ2) is 9.37. The lowest BCUT2D eigenvalue weighted by Crippen LogP contribution is -2.40. The van der Waals surface area contributed by atoms with Crippen molar-refractivity contribution >= 4 is 17.8 Å². The first-order valence-corrected chi connectivity index (χ1v) is 7.85. The van der Waals surface area contributed by atoms with E-state index in [9.17, 15) is 14.4 Å². The summed E-state index contributed by atoms with van der Waals surface area (Å²) in [6, 6.07) is -0.713. The third kappa shape index (κ3) is 6.14. The SMILES string of the molecule is CCCCCCNC(=O)CCC(=O)N1CCCC1C(=O)O. The van der Waals surface area contributed by atoms with Gasteiger partial charge in [-0.15, -0.1) is 0 Å². The molecule has 0 radical (unpaired) electrons. The highest BCUT2D eigenvalue weighted by atomic mass is 16.4. The molecule has 1 aliphatic rings. The minimum atomic E-state index is -0.957. The number of hydrogen-bond donors (Lipinski definition) is 2. The first kappa shape index (κ1) is 17.5. The number of likely N-dealkylation sites (tertiary alicyclic amines) is 1. The van der Waals surface area contributed by atoms with E-state index in [1.807, 2.05) is 0 Å². The van der Waals surface area contributed by atoms with Gasteiger partial charge in [-0.3, -0.25) is 9.59 Å². The molecule has 1 saturated heterocycles. The van der Waals surface area contributed by atoms with Crippen molar-refractivity contribution in [3.05, 3.63) is 0 Å². The molecule has 0 aromatic rings. The summed E-state index contributed by atoms with van der Waals surface area (Å²) < 4.78 is 0. The van der Waals surface area contributed by atoms with Crippen LogP contribution >= 0.6 is 0 Å². The monoisotopic (exact) mass is 298 g/mol. The number of carbonyl (C=O) groups is 3. The topological polar surface area (TPSA) is 86.7 Å². The summed E-state index contributed by atoms with van der Waals surface area (Å²) in [5.41, 5.74) is 0. The van der Waals surface area contributed by atoms with Gasteiger partial charge in [0.25, 0.3) is 0 Å². The number of carboxylic acid groups (broad SMARTS) is 1. The fourth-order valence-corrected chi connectivity index (χ4v) is 2.55. The molecular formula is C15H26N2O4. The van der Waals surface area contributed by atoms with E-state index in [1.54, 1.807) is 0 Å². The lowest BCUT2D eigenvalue weighted by Gasteiger charge is -2.21. The Morgan fingerprint density at radius 3 is 2.62 bits per heavy atom. The third-order valence-corrected chi connectivity index (χ3v) is 3.78. The van der Waals surface area contributed by atoms with E-state index in [-0.39, 0.29) is 24.7 Å². The maximum atomic E-state index is 12.0.